The zero-order valence-electron chi connectivity index (χ0n) is 16.9. The highest BCUT2D eigenvalue weighted by Crippen LogP contribution is 2.29. The Balaban J connectivity index is 1.66. The summed E-state index contributed by atoms with van der Waals surface area (Å²) in [6.45, 7) is 4.78. The molecule has 0 fully saturated rings. The zero-order valence-corrected chi connectivity index (χ0v) is 17.7. The SMILES string of the molecule is CCOc1cc(/C=N\NC(=O)c2sc(N)nc2CC)ccc1OCc1ccccc1. The predicted octanol–water partition coefficient (Wildman–Crippen LogP) is 4.03. The third-order valence-electron chi connectivity index (χ3n) is 4.14. The van der Waals surface area contributed by atoms with Crippen molar-refractivity contribution < 1.29 is 14.3 Å². The van der Waals surface area contributed by atoms with E-state index in [1.54, 1.807) is 6.21 Å². The first-order chi connectivity index (χ1) is 14.6. The molecule has 0 aliphatic carbocycles. The molecule has 2 aromatic carbocycles. The maximum absolute atomic E-state index is 12.3. The first-order valence-electron chi connectivity index (χ1n) is 9.62. The van der Waals surface area contributed by atoms with Gasteiger partial charge in [0.1, 0.15) is 11.5 Å². The summed E-state index contributed by atoms with van der Waals surface area (Å²) in [7, 11) is 0. The minimum Gasteiger partial charge on any atom is -0.490 e. The topological polar surface area (TPSA) is 98.8 Å². The van der Waals surface area contributed by atoms with E-state index in [9.17, 15) is 4.79 Å². The number of benzene rings is 2. The number of amides is 1. The molecule has 156 valence electrons. The third kappa shape index (κ3) is 5.57. The highest BCUT2D eigenvalue weighted by molar-refractivity contribution is 7.17. The van der Waals surface area contributed by atoms with Gasteiger partial charge in [-0.1, -0.05) is 48.6 Å². The predicted molar refractivity (Wildman–Crippen MR) is 119 cm³/mol. The lowest BCUT2D eigenvalue weighted by Gasteiger charge is -2.12. The summed E-state index contributed by atoms with van der Waals surface area (Å²) in [5.41, 5.74) is 10.7. The lowest BCUT2D eigenvalue weighted by Crippen LogP contribution is -2.17. The van der Waals surface area contributed by atoms with Gasteiger partial charge in [0.2, 0.25) is 0 Å². The molecule has 0 saturated carbocycles. The van der Waals surface area contributed by atoms with Crippen LogP contribution < -0.4 is 20.6 Å². The van der Waals surface area contributed by atoms with E-state index in [1.807, 2.05) is 62.4 Å². The normalized spacial score (nSPS) is 10.9. The van der Waals surface area contributed by atoms with E-state index in [1.165, 1.54) is 0 Å². The number of aromatic nitrogens is 1. The summed E-state index contributed by atoms with van der Waals surface area (Å²) >= 11 is 1.15. The van der Waals surface area contributed by atoms with E-state index >= 15 is 0 Å². The second-order valence-corrected chi connectivity index (χ2v) is 7.32. The smallest absolute Gasteiger partial charge is 0.283 e. The Morgan fingerprint density at radius 3 is 2.70 bits per heavy atom. The van der Waals surface area contributed by atoms with Crippen LogP contribution in [0.15, 0.2) is 53.6 Å². The van der Waals surface area contributed by atoms with Crippen molar-refractivity contribution in [2.75, 3.05) is 12.3 Å². The number of nitrogens with two attached hydrogens (primary N) is 1. The van der Waals surface area contributed by atoms with Gasteiger partial charge in [-0.25, -0.2) is 10.4 Å². The molecule has 1 aromatic heterocycles. The molecule has 30 heavy (non-hydrogen) atoms. The number of carbonyl (C=O) groups excluding carboxylic acids is 1. The van der Waals surface area contributed by atoms with Gasteiger partial charge in [-0.15, -0.1) is 0 Å². The van der Waals surface area contributed by atoms with E-state index in [0.717, 1.165) is 22.5 Å². The number of thiazole rings is 1. The highest BCUT2D eigenvalue weighted by atomic mass is 32.1. The van der Waals surface area contributed by atoms with Crippen molar-refractivity contribution in [2.24, 2.45) is 5.10 Å². The Morgan fingerprint density at radius 2 is 1.97 bits per heavy atom. The average molecular weight is 425 g/mol. The van der Waals surface area contributed by atoms with Gasteiger partial charge in [0.15, 0.2) is 16.6 Å². The fourth-order valence-electron chi connectivity index (χ4n) is 2.73. The van der Waals surface area contributed by atoms with E-state index < -0.39 is 0 Å². The Kier molecular flexibility index (Phi) is 7.40. The standard InChI is InChI=1S/C22H24N4O3S/c1-3-17-20(30-22(23)25-17)21(27)26-24-13-16-10-11-18(19(12-16)28-4-2)29-14-15-8-6-5-7-9-15/h5-13H,3-4,14H2,1-2H3,(H2,23,25)(H,26,27)/b24-13-. The first kappa shape index (κ1) is 21.3. The maximum atomic E-state index is 12.3. The molecule has 3 rings (SSSR count). The monoisotopic (exact) mass is 424 g/mol. The lowest BCUT2D eigenvalue weighted by molar-refractivity contribution is 0.0958. The molecule has 0 unspecified atom stereocenters. The third-order valence-corrected chi connectivity index (χ3v) is 5.07. The van der Waals surface area contributed by atoms with Crippen LogP contribution in [0, 0.1) is 0 Å². The van der Waals surface area contributed by atoms with Gasteiger partial charge in [-0.2, -0.15) is 5.10 Å². The molecular formula is C22H24N4O3S. The van der Waals surface area contributed by atoms with Gasteiger partial charge >= 0.3 is 0 Å². The Bertz CT molecular complexity index is 1020. The van der Waals surface area contributed by atoms with Crippen molar-refractivity contribution in [2.45, 2.75) is 26.9 Å². The molecule has 1 heterocycles. The molecule has 1 amide bonds. The molecule has 0 saturated heterocycles. The van der Waals surface area contributed by atoms with E-state index in [2.05, 4.69) is 15.5 Å². The molecule has 3 N–H and O–H groups in total. The molecule has 0 atom stereocenters. The molecule has 3 aromatic rings. The Labute approximate surface area is 179 Å². The van der Waals surface area contributed by atoms with Gasteiger partial charge < -0.3 is 15.2 Å². The summed E-state index contributed by atoms with van der Waals surface area (Å²) in [4.78, 5) is 16.9. The number of aryl methyl sites for hydroxylation is 1. The van der Waals surface area contributed by atoms with Crippen LogP contribution >= 0.6 is 11.3 Å². The number of nitrogen functional groups attached to an aromatic ring is 1. The first-order valence-corrected chi connectivity index (χ1v) is 10.4. The highest BCUT2D eigenvalue weighted by Gasteiger charge is 2.15. The molecule has 0 radical (unpaired) electrons. The van der Waals surface area contributed by atoms with Crippen LogP contribution in [0.4, 0.5) is 5.13 Å². The Hall–Kier alpha value is -3.39. The Morgan fingerprint density at radius 1 is 1.17 bits per heavy atom. The largest absolute Gasteiger partial charge is 0.490 e. The van der Waals surface area contributed by atoms with Crippen LogP contribution in [0.1, 0.15) is 40.3 Å². The molecule has 8 heteroatoms. The number of carbonyl (C=O) groups is 1. The number of anilines is 1. The van der Waals surface area contributed by atoms with E-state index in [0.29, 0.717) is 46.8 Å². The van der Waals surface area contributed by atoms with Crippen molar-refractivity contribution in [1.29, 1.82) is 0 Å². The number of rotatable bonds is 9. The lowest BCUT2D eigenvalue weighted by atomic mass is 10.2. The van der Waals surface area contributed by atoms with Crippen molar-refractivity contribution in [3.05, 3.63) is 70.2 Å². The van der Waals surface area contributed by atoms with Gasteiger partial charge in [0, 0.05) is 0 Å². The van der Waals surface area contributed by atoms with Crippen LogP contribution in [0.2, 0.25) is 0 Å². The summed E-state index contributed by atoms with van der Waals surface area (Å²) in [5.74, 6) is 0.937. The molecular weight excluding hydrogens is 400 g/mol. The van der Waals surface area contributed by atoms with Gasteiger partial charge in [0.05, 0.1) is 18.5 Å². The number of hydrazone groups is 1. The second-order valence-electron chi connectivity index (χ2n) is 6.29. The van der Waals surface area contributed by atoms with Gasteiger partial charge in [-0.3, -0.25) is 4.79 Å². The van der Waals surface area contributed by atoms with Crippen LogP contribution in [0.3, 0.4) is 0 Å². The van der Waals surface area contributed by atoms with Crippen molar-refractivity contribution in [3.63, 3.8) is 0 Å². The quantitative estimate of drug-likeness (QED) is 0.399. The number of ether oxygens (including phenoxy) is 2. The minimum atomic E-state index is -0.329. The summed E-state index contributed by atoms with van der Waals surface area (Å²) in [6.07, 6.45) is 2.18. The zero-order chi connectivity index (χ0) is 21.3. The number of hydrogen-bond acceptors (Lipinski definition) is 7. The van der Waals surface area contributed by atoms with E-state index in [4.69, 9.17) is 15.2 Å². The van der Waals surface area contributed by atoms with Crippen LogP contribution in [0.25, 0.3) is 0 Å². The van der Waals surface area contributed by atoms with Crippen LogP contribution in [-0.4, -0.2) is 23.7 Å². The number of nitrogens with zero attached hydrogens (tertiary/aromatic N) is 2. The summed E-state index contributed by atoms with van der Waals surface area (Å²) in [6, 6.07) is 15.4. The molecule has 0 aliphatic rings. The van der Waals surface area contributed by atoms with Crippen molar-refractivity contribution in [1.82, 2.24) is 10.4 Å². The maximum Gasteiger partial charge on any atom is 0.283 e. The summed E-state index contributed by atoms with van der Waals surface area (Å²) < 4.78 is 11.6. The van der Waals surface area contributed by atoms with Crippen LogP contribution in [-0.2, 0) is 13.0 Å². The van der Waals surface area contributed by atoms with Crippen molar-refractivity contribution >= 4 is 28.6 Å². The minimum absolute atomic E-state index is 0.329. The molecule has 0 spiro atoms. The molecule has 0 aliphatic heterocycles. The van der Waals surface area contributed by atoms with Gasteiger partial charge in [-0.05, 0) is 42.7 Å². The van der Waals surface area contributed by atoms with Gasteiger partial charge in [0.25, 0.3) is 5.91 Å². The van der Waals surface area contributed by atoms with E-state index in [-0.39, 0.29) is 5.91 Å². The second kappa shape index (κ2) is 10.4. The average Bonchev–Trinajstić information content (AvgIpc) is 3.15. The molecule has 7 nitrogen and oxygen atoms in total. The fraction of sp³-hybridized carbons (Fsp3) is 0.227. The number of nitrogens with one attached hydrogen (secondary N) is 1. The molecule has 0 bridgehead atoms. The number of hydrogen-bond donors (Lipinski definition) is 2. The fourth-order valence-corrected chi connectivity index (χ4v) is 3.54. The van der Waals surface area contributed by atoms with Crippen LogP contribution in [0.5, 0.6) is 11.5 Å². The van der Waals surface area contributed by atoms with Crippen molar-refractivity contribution in [3.8, 4) is 11.5 Å². The summed E-state index contributed by atoms with van der Waals surface area (Å²) in [5, 5.41) is 4.41.